The van der Waals surface area contributed by atoms with E-state index < -0.39 is 10.2 Å². The summed E-state index contributed by atoms with van der Waals surface area (Å²) in [5.74, 6) is 0.193. The van der Waals surface area contributed by atoms with Crippen LogP contribution in [0.25, 0.3) is 11.5 Å². The zero-order chi connectivity index (χ0) is 19.7. The summed E-state index contributed by atoms with van der Waals surface area (Å²) in [6.07, 6.45) is 3.24. The van der Waals surface area contributed by atoms with Crippen molar-refractivity contribution in [2.24, 2.45) is 0 Å². The van der Waals surface area contributed by atoms with Gasteiger partial charge in [0, 0.05) is 23.3 Å². The number of Topliss-reactive ketones (excluding diaryl/α,β-unsaturated/α-hetero) is 1. The van der Waals surface area contributed by atoms with Crippen LogP contribution in [0.15, 0.2) is 52.1 Å². The van der Waals surface area contributed by atoms with E-state index in [0.717, 1.165) is 19.3 Å². The van der Waals surface area contributed by atoms with E-state index in [1.54, 1.807) is 19.1 Å². The Morgan fingerprint density at radius 1 is 1.18 bits per heavy atom. The molecule has 0 aliphatic heterocycles. The summed E-state index contributed by atoms with van der Waals surface area (Å²) < 4.78 is 5.60. The van der Waals surface area contributed by atoms with Crippen molar-refractivity contribution in [3.8, 4) is 11.5 Å². The van der Waals surface area contributed by atoms with E-state index in [1.807, 2.05) is 18.2 Å². The number of nitro benzene ring substituents is 1. The largest absolute Gasteiger partial charge is 0.411 e. The first-order valence-electron chi connectivity index (χ1n) is 8.92. The molecule has 0 saturated carbocycles. The zero-order valence-corrected chi connectivity index (χ0v) is 15.9. The number of nitro groups is 1. The van der Waals surface area contributed by atoms with E-state index >= 15 is 0 Å². The molecular weight excluding hydrogens is 378 g/mol. The van der Waals surface area contributed by atoms with E-state index in [2.05, 4.69) is 10.2 Å². The Morgan fingerprint density at radius 3 is 2.82 bits per heavy atom. The number of aryl methyl sites for hydroxylation is 2. The van der Waals surface area contributed by atoms with Crippen LogP contribution in [0.2, 0.25) is 0 Å². The molecule has 1 heterocycles. The topological polar surface area (TPSA) is 99.1 Å². The van der Waals surface area contributed by atoms with Crippen molar-refractivity contribution in [3.63, 3.8) is 0 Å². The first-order chi connectivity index (χ1) is 13.5. The maximum Gasteiger partial charge on any atom is 0.277 e. The van der Waals surface area contributed by atoms with Crippen molar-refractivity contribution in [1.29, 1.82) is 0 Å². The van der Waals surface area contributed by atoms with Crippen LogP contribution < -0.4 is 0 Å². The van der Waals surface area contributed by atoms with Gasteiger partial charge in [0.1, 0.15) is 0 Å². The van der Waals surface area contributed by atoms with Crippen LogP contribution >= 0.6 is 11.8 Å². The van der Waals surface area contributed by atoms with Gasteiger partial charge in [-0.3, -0.25) is 14.9 Å². The lowest BCUT2D eigenvalue weighted by molar-refractivity contribution is -0.384. The van der Waals surface area contributed by atoms with E-state index in [4.69, 9.17) is 4.42 Å². The third kappa shape index (κ3) is 3.68. The van der Waals surface area contributed by atoms with Gasteiger partial charge in [0.05, 0.1) is 10.2 Å². The average Bonchev–Trinajstić information content (AvgIpc) is 3.36. The van der Waals surface area contributed by atoms with Gasteiger partial charge in [-0.05, 0) is 49.4 Å². The van der Waals surface area contributed by atoms with Gasteiger partial charge < -0.3 is 4.42 Å². The number of rotatable bonds is 6. The number of thioether (sulfide) groups is 1. The molecule has 2 aromatic carbocycles. The van der Waals surface area contributed by atoms with E-state index in [-0.39, 0.29) is 22.6 Å². The molecule has 1 aromatic heterocycles. The van der Waals surface area contributed by atoms with E-state index in [1.165, 1.54) is 35.0 Å². The predicted octanol–water partition coefficient (Wildman–Crippen LogP) is 4.50. The van der Waals surface area contributed by atoms with Crippen LogP contribution in [0.4, 0.5) is 5.69 Å². The second-order valence-electron chi connectivity index (χ2n) is 6.64. The Bertz CT molecular complexity index is 1060. The summed E-state index contributed by atoms with van der Waals surface area (Å²) in [6.45, 7) is 1.80. The molecule has 0 fully saturated rings. The SMILES string of the molecule is C[C@H](Sc1nnc(-c2cccc([N+](=O)[O-])c2)o1)C(=O)c1ccc2c(c1)CCC2. The molecule has 28 heavy (non-hydrogen) atoms. The number of carbonyl (C=O) groups excluding carboxylic acids is 1. The zero-order valence-electron chi connectivity index (χ0n) is 15.1. The van der Waals surface area contributed by atoms with Crippen LogP contribution in [-0.2, 0) is 12.8 Å². The minimum absolute atomic E-state index is 0.00907. The molecule has 7 nitrogen and oxygen atoms in total. The molecule has 0 unspecified atom stereocenters. The Kier molecular flexibility index (Phi) is 4.95. The molecule has 0 radical (unpaired) electrons. The van der Waals surface area contributed by atoms with Gasteiger partial charge in [0.2, 0.25) is 5.89 Å². The Hall–Kier alpha value is -3.00. The van der Waals surface area contributed by atoms with Crippen LogP contribution in [0, 0.1) is 10.1 Å². The second-order valence-corrected chi connectivity index (χ2v) is 7.93. The summed E-state index contributed by atoms with van der Waals surface area (Å²) in [4.78, 5) is 23.2. The molecule has 0 amide bonds. The summed E-state index contributed by atoms with van der Waals surface area (Å²) >= 11 is 1.18. The van der Waals surface area contributed by atoms with Crippen molar-refractivity contribution in [3.05, 3.63) is 69.3 Å². The van der Waals surface area contributed by atoms with Gasteiger partial charge >= 0.3 is 0 Å². The van der Waals surface area contributed by atoms with Gasteiger partial charge in [-0.1, -0.05) is 30.0 Å². The van der Waals surface area contributed by atoms with Gasteiger partial charge in [0.15, 0.2) is 5.78 Å². The molecule has 0 N–H and O–H groups in total. The quantitative estimate of drug-likeness (QED) is 0.262. The van der Waals surface area contributed by atoms with Crippen LogP contribution in [-0.4, -0.2) is 26.2 Å². The van der Waals surface area contributed by atoms with Gasteiger partial charge in [-0.15, -0.1) is 10.2 Å². The van der Waals surface area contributed by atoms with Crippen LogP contribution in [0.3, 0.4) is 0 Å². The molecule has 0 bridgehead atoms. The summed E-state index contributed by atoms with van der Waals surface area (Å²) in [7, 11) is 0. The average molecular weight is 395 g/mol. The van der Waals surface area contributed by atoms with E-state index in [0.29, 0.717) is 11.1 Å². The maximum absolute atomic E-state index is 12.8. The monoisotopic (exact) mass is 395 g/mol. The lowest BCUT2D eigenvalue weighted by Crippen LogP contribution is -2.13. The molecule has 8 heteroatoms. The molecule has 1 atom stereocenters. The van der Waals surface area contributed by atoms with Gasteiger partial charge in [0.25, 0.3) is 10.9 Å². The maximum atomic E-state index is 12.8. The summed E-state index contributed by atoms with van der Waals surface area (Å²) in [6, 6.07) is 11.9. The highest BCUT2D eigenvalue weighted by atomic mass is 32.2. The fourth-order valence-corrected chi connectivity index (χ4v) is 4.05. The van der Waals surface area contributed by atoms with Gasteiger partial charge in [-0.25, -0.2) is 0 Å². The number of fused-ring (bicyclic) bond motifs is 1. The summed E-state index contributed by atoms with van der Waals surface area (Å²) in [5.41, 5.74) is 3.69. The van der Waals surface area contributed by atoms with Crippen LogP contribution in [0.1, 0.15) is 34.8 Å². The molecule has 1 aliphatic carbocycles. The van der Waals surface area contributed by atoms with Crippen molar-refractivity contribution >= 4 is 23.2 Å². The predicted molar refractivity (Wildman–Crippen MR) is 105 cm³/mol. The van der Waals surface area contributed by atoms with Crippen molar-refractivity contribution in [2.45, 2.75) is 36.7 Å². The molecular formula is C20H17N3O4S. The molecule has 142 valence electrons. The first-order valence-corrected chi connectivity index (χ1v) is 9.80. The normalized spacial score (nSPS) is 13.9. The molecule has 0 saturated heterocycles. The highest BCUT2D eigenvalue weighted by Crippen LogP contribution is 2.30. The highest BCUT2D eigenvalue weighted by molar-refractivity contribution is 8.00. The lowest BCUT2D eigenvalue weighted by Gasteiger charge is -2.09. The molecule has 0 spiro atoms. The fourth-order valence-electron chi connectivity index (χ4n) is 3.29. The standard InChI is InChI=1S/C20H17N3O4S/c1-12(18(24)15-9-8-13-4-2-5-14(13)10-15)28-20-22-21-19(27-20)16-6-3-7-17(11-16)23(25)26/h3,6-12H,2,4-5H2,1H3/t12-/m0/s1. The summed E-state index contributed by atoms with van der Waals surface area (Å²) in [5, 5.41) is 18.7. The Balaban J connectivity index is 1.48. The van der Waals surface area contributed by atoms with Gasteiger partial charge in [-0.2, -0.15) is 0 Å². The number of ketones is 1. The molecule has 1 aliphatic rings. The minimum Gasteiger partial charge on any atom is -0.411 e. The fraction of sp³-hybridized carbons (Fsp3) is 0.250. The molecule has 3 aromatic rings. The Labute approximate surface area is 165 Å². The highest BCUT2D eigenvalue weighted by Gasteiger charge is 2.22. The van der Waals surface area contributed by atoms with Crippen LogP contribution in [0.5, 0.6) is 0 Å². The molecule has 4 rings (SSSR count). The minimum atomic E-state index is -0.479. The van der Waals surface area contributed by atoms with Crippen molar-refractivity contribution in [1.82, 2.24) is 10.2 Å². The number of carbonyl (C=O) groups is 1. The first kappa shape index (κ1) is 18.4. The smallest absolute Gasteiger partial charge is 0.277 e. The number of benzene rings is 2. The number of nitrogens with zero attached hydrogens (tertiary/aromatic N) is 3. The number of non-ortho nitro benzene ring substituents is 1. The third-order valence-electron chi connectivity index (χ3n) is 4.74. The van der Waals surface area contributed by atoms with E-state index in [9.17, 15) is 14.9 Å². The van der Waals surface area contributed by atoms with Crippen molar-refractivity contribution in [2.75, 3.05) is 0 Å². The Morgan fingerprint density at radius 2 is 2.00 bits per heavy atom. The second kappa shape index (κ2) is 7.55. The number of aromatic nitrogens is 2. The lowest BCUT2D eigenvalue weighted by atomic mass is 10.0. The van der Waals surface area contributed by atoms with Crippen molar-refractivity contribution < 1.29 is 14.1 Å². The third-order valence-corrected chi connectivity index (χ3v) is 5.67. The number of hydrogen-bond acceptors (Lipinski definition) is 7. The number of hydrogen-bond donors (Lipinski definition) is 0.